The second-order valence-electron chi connectivity index (χ2n) is 6.06. The second-order valence-corrected chi connectivity index (χ2v) is 6.50. The van der Waals surface area contributed by atoms with Gasteiger partial charge in [-0.2, -0.15) is 0 Å². The van der Waals surface area contributed by atoms with Crippen LogP contribution in [0.1, 0.15) is 23.6 Å². The zero-order valence-electron chi connectivity index (χ0n) is 14.0. The molecule has 0 atom stereocenters. The van der Waals surface area contributed by atoms with Gasteiger partial charge < -0.3 is 4.74 Å². The molecule has 0 aliphatic rings. The van der Waals surface area contributed by atoms with Crippen LogP contribution in [-0.4, -0.2) is 5.97 Å². The molecule has 3 heteroatoms. The van der Waals surface area contributed by atoms with Gasteiger partial charge in [-0.05, 0) is 35.7 Å². The number of halogens is 1. The summed E-state index contributed by atoms with van der Waals surface area (Å²) in [5.41, 5.74) is 1.85. The van der Waals surface area contributed by atoms with E-state index in [4.69, 9.17) is 16.3 Å². The summed E-state index contributed by atoms with van der Waals surface area (Å²) in [7, 11) is 0. The van der Waals surface area contributed by atoms with Crippen LogP contribution in [0.5, 0.6) is 0 Å². The molecule has 0 bridgehead atoms. The Morgan fingerprint density at radius 2 is 1.32 bits per heavy atom. The van der Waals surface area contributed by atoms with Crippen LogP contribution in [-0.2, 0) is 21.6 Å². The molecule has 3 aromatic carbocycles. The highest BCUT2D eigenvalue weighted by Gasteiger charge is 2.38. The van der Waals surface area contributed by atoms with Crippen molar-refractivity contribution < 1.29 is 9.53 Å². The van der Waals surface area contributed by atoms with Crippen LogP contribution in [0.15, 0.2) is 84.9 Å². The molecular formula is C22H19ClO2. The lowest BCUT2D eigenvalue weighted by Gasteiger charge is -2.28. The molecule has 0 amide bonds. The number of carbonyl (C=O) groups is 1. The van der Waals surface area contributed by atoms with Crippen molar-refractivity contribution in [3.05, 3.63) is 107 Å². The SMILES string of the molecule is CC(C(=O)OCc1ccc(Cl)cc1)(c1ccccc1)c1ccccc1. The number of rotatable bonds is 5. The van der Waals surface area contributed by atoms with Gasteiger partial charge in [0.15, 0.2) is 0 Å². The summed E-state index contributed by atoms with van der Waals surface area (Å²) in [5.74, 6) is -0.278. The van der Waals surface area contributed by atoms with Gasteiger partial charge >= 0.3 is 5.97 Å². The third kappa shape index (κ3) is 3.75. The molecule has 0 aromatic heterocycles. The summed E-state index contributed by atoms with van der Waals surface area (Å²) in [6.45, 7) is 2.12. The Kier molecular flexibility index (Phi) is 5.20. The average Bonchev–Trinajstić information content (AvgIpc) is 2.68. The molecule has 0 fully saturated rings. The van der Waals surface area contributed by atoms with E-state index in [0.29, 0.717) is 5.02 Å². The van der Waals surface area contributed by atoms with E-state index in [0.717, 1.165) is 16.7 Å². The smallest absolute Gasteiger partial charge is 0.321 e. The minimum absolute atomic E-state index is 0.214. The largest absolute Gasteiger partial charge is 0.460 e. The highest BCUT2D eigenvalue weighted by molar-refractivity contribution is 6.30. The molecule has 0 saturated carbocycles. The number of hydrogen-bond acceptors (Lipinski definition) is 2. The van der Waals surface area contributed by atoms with Gasteiger partial charge in [0, 0.05) is 5.02 Å². The number of ether oxygens (including phenoxy) is 1. The Balaban J connectivity index is 1.89. The number of hydrogen-bond donors (Lipinski definition) is 0. The predicted octanol–water partition coefficient (Wildman–Crippen LogP) is 5.39. The number of benzene rings is 3. The van der Waals surface area contributed by atoms with Crippen molar-refractivity contribution in [1.29, 1.82) is 0 Å². The van der Waals surface area contributed by atoms with Crippen molar-refractivity contribution in [3.8, 4) is 0 Å². The van der Waals surface area contributed by atoms with Crippen molar-refractivity contribution in [3.63, 3.8) is 0 Å². The molecule has 0 aliphatic carbocycles. The Hall–Kier alpha value is -2.58. The van der Waals surface area contributed by atoms with E-state index in [2.05, 4.69) is 0 Å². The highest BCUT2D eigenvalue weighted by atomic mass is 35.5. The summed E-state index contributed by atoms with van der Waals surface area (Å²) < 4.78 is 5.66. The standard InChI is InChI=1S/C22H19ClO2/c1-22(18-8-4-2-5-9-18,19-10-6-3-7-11-19)21(24)25-16-17-12-14-20(23)15-13-17/h2-15H,16H2,1H3. The fourth-order valence-electron chi connectivity index (χ4n) is 2.82. The van der Waals surface area contributed by atoms with E-state index in [9.17, 15) is 4.79 Å². The topological polar surface area (TPSA) is 26.3 Å². The van der Waals surface area contributed by atoms with Gasteiger partial charge in [-0.3, -0.25) is 4.79 Å². The Morgan fingerprint density at radius 1 is 0.840 bits per heavy atom. The monoisotopic (exact) mass is 350 g/mol. The quantitative estimate of drug-likeness (QED) is 0.577. The van der Waals surface area contributed by atoms with Gasteiger partial charge in [0.25, 0.3) is 0 Å². The van der Waals surface area contributed by atoms with Crippen LogP contribution in [0.3, 0.4) is 0 Å². The first-order chi connectivity index (χ1) is 12.1. The molecule has 0 radical (unpaired) electrons. The Labute approximate surface area is 153 Å². The average molecular weight is 351 g/mol. The maximum absolute atomic E-state index is 13.1. The predicted molar refractivity (Wildman–Crippen MR) is 101 cm³/mol. The molecule has 0 unspecified atom stereocenters. The van der Waals surface area contributed by atoms with Gasteiger partial charge in [0.1, 0.15) is 12.0 Å². The molecular weight excluding hydrogens is 332 g/mol. The van der Waals surface area contributed by atoms with Crippen molar-refractivity contribution in [1.82, 2.24) is 0 Å². The van der Waals surface area contributed by atoms with Crippen LogP contribution in [0.2, 0.25) is 5.02 Å². The summed E-state index contributed by atoms with van der Waals surface area (Å²) in [6, 6.07) is 26.7. The highest BCUT2D eigenvalue weighted by Crippen LogP contribution is 2.33. The molecule has 0 saturated heterocycles. The normalized spacial score (nSPS) is 11.1. The van der Waals surface area contributed by atoms with E-state index in [1.807, 2.05) is 79.7 Å². The maximum Gasteiger partial charge on any atom is 0.321 e. The van der Waals surface area contributed by atoms with Crippen molar-refractivity contribution in [2.45, 2.75) is 18.9 Å². The van der Waals surface area contributed by atoms with Gasteiger partial charge in [-0.15, -0.1) is 0 Å². The minimum atomic E-state index is -0.866. The fraction of sp³-hybridized carbons (Fsp3) is 0.136. The summed E-state index contributed by atoms with van der Waals surface area (Å²) >= 11 is 5.90. The van der Waals surface area contributed by atoms with E-state index in [-0.39, 0.29) is 12.6 Å². The van der Waals surface area contributed by atoms with Gasteiger partial charge in [0.05, 0.1) is 0 Å². The third-order valence-corrected chi connectivity index (χ3v) is 4.65. The molecule has 0 heterocycles. The van der Waals surface area contributed by atoms with Gasteiger partial charge in [0.2, 0.25) is 0 Å². The number of esters is 1. The summed E-state index contributed by atoms with van der Waals surface area (Å²) in [6.07, 6.45) is 0. The zero-order chi connectivity index (χ0) is 17.7. The van der Waals surface area contributed by atoms with Crippen molar-refractivity contribution >= 4 is 17.6 Å². The molecule has 25 heavy (non-hydrogen) atoms. The van der Waals surface area contributed by atoms with E-state index < -0.39 is 5.41 Å². The molecule has 0 N–H and O–H groups in total. The summed E-state index contributed by atoms with van der Waals surface area (Å²) in [5, 5.41) is 0.661. The van der Waals surface area contributed by atoms with Crippen LogP contribution < -0.4 is 0 Å². The van der Waals surface area contributed by atoms with Crippen LogP contribution in [0, 0.1) is 0 Å². The molecule has 0 spiro atoms. The minimum Gasteiger partial charge on any atom is -0.460 e. The van der Waals surface area contributed by atoms with E-state index in [1.54, 1.807) is 12.1 Å². The molecule has 2 nitrogen and oxygen atoms in total. The lowest BCUT2D eigenvalue weighted by Crippen LogP contribution is -2.35. The van der Waals surface area contributed by atoms with Gasteiger partial charge in [-0.25, -0.2) is 0 Å². The van der Waals surface area contributed by atoms with Crippen molar-refractivity contribution in [2.24, 2.45) is 0 Å². The zero-order valence-corrected chi connectivity index (χ0v) is 14.7. The first-order valence-electron chi connectivity index (χ1n) is 8.13. The number of carbonyl (C=O) groups excluding carboxylic acids is 1. The van der Waals surface area contributed by atoms with Crippen molar-refractivity contribution in [2.75, 3.05) is 0 Å². The second kappa shape index (κ2) is 7.54. The Bertz CT molecular complexity index is 787. The Morgan fingerprint density at radius 3 is 1.80 bits per heavy atom. The van der Waals surface area contributed by atoms with Crippen LogP contribution in [0.4, 0.5) is 0 Å². The van der Waals surface area contributed by atoms with Crippen LogP contribution >= 0.6 is 11.6 Å². The molecule has 0 aliphatic heterocycles. The van der Waals surface area contributed by atoms with Gasteiger partial charge in [-0.1, -0.05) is 84.4 Å². The maximum atomic E-state index is 13.1. The lowest BCUT2D eigenvalue weighted by atomic mass is 9.76. The molecule has 3 rings (SSSR count). The first-order valence-corrected chi connectivity index (χ1v) is 8.51. The summed E-state index contributed by atoms with van der Waals surface area (Å²) in [4.78, 5) is 13.1. The fourth-order valence-corrected chi connectivity index (χ4v) is 2.95. The van der Waals surface area contributed by atoms with E-state index in [1.165, 1.54) is 0 Å². The lowest BCUT2D eigenvalue weighted by molar-refractivity contribution is -0.149. The molecule has 126 valence electrons. The van der Waals surface area contributed by atoms with Crippen LogP contribution in [0.25, 0.3) is 0 Å². The molecule has 3 aromatic rings. The first kappa shape index (κ1) is 17.2. The van der Waals surface area contributed by atoms with E-state index >= 15 is 0 Å². The third-order valence-electron chi connectivity index (χ3n) is 4.39.